The largest absolute Gasteiger partial charge is 0.490 e. The van der Waals surface area contributed by atoms with Crippen molar-refractivity contribution in [3.8, 4) is 5.75 Å². The number of hydrogen-bond donors (Lipinski definition) is 2. The minimum Gasteiger partial charge on any atom is -0.490 e. The maximum absolute atomic E-state index is 12.8. The Hall–Kier alpha value is -2.74. The molecule has 27 heavy (non-hydrogen) atoms. The highest BCUT2D eigenvalue weighted by atomic mass is 32.2. The number of oxazole rings is 1. The molecule has 0 spiro atoms. The number of H-pyrrole nitrogens is 1. The number of anilines is 1. The van der Waals surface area contributed by atoms with Crippen LogP contribution in [0.15, 0.2) is 50.5 Å². The molecule has 7 nitrogen and oxygen atoms in total. The first-order valence-corrected chi connectivity index (χ1v) is 10.3. The summed E-state index contributed by atoms with van der Waals surface area (Å²) in [5, 5.41) is 0. The van der Waals surface area contributed by atoms with E-state index in [0.717, 1.165) is 12.8 Å². The predicted octanol–water partition coefficient (Wildman–Crippen LogP) is 3.55. The van der Waals surface area contributed by atoms with Crippen LogP contribution in [-0.4, -0.2) is 19.5 Å². The number of hydrogen-bond acceptors (Lipinski definition) is 5. The van der Waals surface area contributed by atoms with E-state index < -0.39 is 15.8 Å². The van der Waals surface area contributed by atoms with Crippen molar-refractivity contribution in [1.29, 1.82) is 0 Å². The minimum atomic E-state index is -3.78. The molecule has 0 unspecified atom stereocenters. The average Bonchev–Trinajstić information content (AvgIpc) is 3.22. The van der Waals surface area contributed by atoms with Gasteiger partial charge in [0, 0.05) is 0 Å². The molecule has 0 saturated heterocycles. The molecule has 1 aliphatic rings. The Labute approximate surface area is 156 Å². The van der Waals surface area contributed by atoms with Crippen LogP contribution in [0.3, 0.4) is 0 Å². The molecule has 1 saturated carbocycles. The van der Waals surface area contributed by atoms with Crippen LogP contribution in [0, 0.1) is 6.92 Å². The normalized spacial score (nSPS) is 15.3. The summed E-state index contributed by atoms with van der Waals surface area (Å²) in [6.07, 6.45) is 4.64. The molecule has 0 amide bonds. The third-order valence-electron chi connectivity index (χ3n) is 4.71. The predicted molar refractivity (Wildman–Crippen MR) is 102 cm³/mol. The summed E-state index contributed by atoms with van der Waals surface area (Å²) in [7, 11) is -3.78. The fraction of sp³-hybridized carbons (Fsp3) is 0.316. The zero-order valence-electron chi connectivity index (χ0n) is 14.8. The molecule has 4 rings (SSSR count). The van der Waals surface area contributed by atoms with Gasteiger partial charge >= 0.3 is 5.76 Å². The van der Waals surface area contributed by atoms with Gasteiger partial charge in [-0.1, -0.05) is 0 Å². The van der Waals surface area contributed by atoms with Crippen LogP contribution in [0.5, 0.6) is 5.75 Å². The second kappa shape index (κ2) is 6.77. The summed E-state index contributed by atoms with van der Waals surface area (Å²) in [6, 6.07) is 9.60. The Balaban J connectivity index is 1.57. The first kappa shape index (κ1) is 17.7. The fourth-order valence-electron chi connectivity index (χ4n) is 3.42. The molecular formula is C19H20N2O5S. The van der Waals surface area contributed by atoms with E-state index in [9.17, 15) is 13.2 Å². The van der Waals surface area contributed by atoms with Gasteiger partial charge in [0.05, 0.1) is 22.2 Å². The maximum Gasteiger partial charge on any atom is 0.417 e. The van der Waals surface area contributed by atoms with E-state index in [-0.39, 0.29) is 11.0 Å². The molecule has 2 N–H and O–H groups in total. The summed E-state index contributed by atoms with van der Waals surface area (Å²) in [5.74, 6) is 0.106. The lowest BCUT2D eigenvalue weighted by Crippen LogP contribution is -2.15. The first-order chi connectivity index (χ1) is 12.9. The number of rotatable bonds is 5. The van der Waals surface area contributed by atoms with Gasteiger partial charge < -0.3 is 9.15 Å². The molecule has 142 valence electrons. The minimum absolute atomic E-state index is 0.182. The van der Waals surface area contributed by atoms with E-state index in [1.807, 2.05) is 0 Å². The van der Waals surface area contributed by atoms with Crippen molar-refractivity contribution in [3.05, 3.63) is 52.5 Å². The Morgan fingerprint density at radius 1 is 1.15 bits per heavy atom. The number of aromatic nitrogens is 1. The Kier molecular flexibility index (Phi) is 4.43. The molecule has 2 aromatic carbocycles. The molecule has 1 aliphatic carbocycles. The van der Waals surface area contributed by atoms with Crippen molar-refractivity contribution < 1.29 is 17.6 Å². The van der Waals surface area contributed by atoms with E-state index in [0.29, 0.717) is 28.1 Å². The highest BCUT2D eigenvalue weighted by molar-refractivity contribution is 7.92. The number of benzene rings is 2. The van der Waals surface area contributed by atoms with E-state index in [1.54, 1.807) is 31.2 Å². The van der Waals surface area contributed by atoms with E-state index in [2.05, 4.69) is 9.71 Å². The molecule has 1 fully saturated rings. The standard InChI is InChI=1S/C19H20N2O5S/c1-12-10-15(25-14-4-2-3-5-14)7-9-18(12)27(23,24)21-13-6-8-17-16(11-13)20-19(22)26-17/h6-11,14,21H,2-5H2,1H3,(H,20,22). The zero-order chi connectivity index (χ0) is 19.0. The third kappa shape index (κ3) is 3.71. The number of sulfonamides is 1. The van der Waals surface area contributed by atoms with Gasteiger partial charge in [0.1, 0.15) is 5.75 Å². The summed E-state index contributed by atoms with van der Waals surface area (Å²) in [6.45, 7) is 1.74. The number of aromatic amines is 1. The maximum atomic E-state index is 12.8. The van der Waals surface area contributed by atoms with Crippen molar-refractivity contribution in [2.45, 2.75) is 43.6 Å². The fourth-order valence-corrected chi connectivity index (χ4v) is 4.70. The van der Waals surface area contributed by atoms with Gasteiger partial charge in [0.25, 0.3) is 10.0 Å². The summed E-state index contributed by atoms with van der Waals surface area (Å²) in [5.41, 5.74) is 1.74. The zero-order valence-corrected chi connectivity index (χ0v) is 15.6. The lowest BCUT2D eigenvalue weighted by molar-refractivity contribution is 0.210. The van der Waals surface area contributed by atoms with Crippen LogP contribution in [0.4, 0.5) is 5.69 Å². The molecule has 3 aromatic rings. The van der Waals surface area contributed by atoms with Crippen LogP contribution in [0.25, 0.3) is 11.1 Å². The van der Waals surface area contributed by atoms with E-state index in [4.69, 9.17) is 9.15 Å². The highest BCUT2D eigenvalue weighted by Gasteiger charge is 2.20. The van der Waals surface area contributed by atoms with E-state index in [1.165, 1.54) is 25.0 Å². The lowest BCUT2D eigenvalue weighted by atomic mass is 10.2. The summed E-state index contributed by atoms with van der Waals surface area (Å²) in [4.78, 5) is 13.9. The molecule has 1 aromatic heterocycles. The van der Waals surface area contributed by atoms with Gasteiger partial charge in [-0.05, 0) is 74.6 Å². The molecule has 0 aliphatic heterocycles. The molecule has 0 atom stereocenters. The third-order valence-corrected chi connectivity index (χ3v) is 6.25. The van der Waals surface area contributed by atoms with Crippen LogP contribution >= 0.6 is 0 Å². The van der Waals surface area contributed by atoms with Gasteiger partial charge in [0.2, 0.25) is 0 Å². The van der Waals surface area contributed by atoms with Crippen LogP contribution in [-0.2, 0) is 10.0 Å². The van der Waals surface area contributed by atoms with Crippen molar-refractivity contribution in [2.24, 2.45) is 0 Å². The molecule has 1 heterocycles. The van der Waals surface area contributed by atoms with Gasteiger partial charge in [-0.15, -0.1) is 0 Å². The SMILES string of the molecule is Cc1cc(OC2CCCC2)ccc1S(=O)(=O)Nc1ccc2oc(=O)[nH]c2c1. The van der Waals surface area contributed by atoms with Crippen molar-refractivity contribution >= 4 is 26.8 Å². The van der Waals surface area contributed by atoms with Crippen LogP contribution in [0.1, 0.15) is 31.2 Å². The van der Waals surface area contributed by atoms with Crippen molar-refractivity contribution in [2.75, 3.05) is 4.72 Å². The van der Waals surface area contributed by atoms with Crippen LogP contribution < -0.4 is 15.2 Å². The van der Waals surface area contributed by atoms with Gasteiger partial charge in [0.15, 0.2) is 5.58 Å². The summed E-state index contributed by atoms with van der Waals surface area (Å²) < 4.78 is 38.9. The molecule has 0 radical (unpaired) electrons. The number of fused-ring (bicyclic) bond motifs is 1. The first-order valence-electron chi connectivity index (χ1n) is 8.84. The number of nitrogens with one attached hydrogen (secondary N) is 2. The Bertz CT molecular complexity index is 1140. The Morgan fingerprint density at radius 2 is 1.93 bits per heavy atom. The second-order valence-electron chi connectivity index (χ2n) is 6.78. The average molecular weight is 388 g/mol. The lowest BCUT2D eigenvalue weighted by Gasteiger charge is -2.15. The Morgan fingerprint density at radius 3 is 2.67 bits per heavy atom. The van der Waals surface area contributed by atoms with Crippen LogP contribution in [0.2, 0.25) is 0 Å². The monoisotopic (exact) mass is 388 g/mol. The second-order valence-corrected chi connectivity index (χ2v) is 8.43. The number of ether oxygens (including phenoxy) is 1. The van der Waals surface area contributed by atoms with E-state index >= 15 is 0 Å². The topological polar surface area (TPSA) is 101 Å². The smallest absolute Gasteiger partial charge is 0.417 e. The molecule has 8 heteroatoms. The summed E-state index contributed by atoms with van der Waals surface area (Å²) >= 11 is 0. The highest BCUT2D eigenvalue weighted by Crippen LogP contribution is 2.28. The number of aryl methyl sites for hydroxylation is 1. The van der Waals surface area contributed by atoms with Crippen molar-refractivity contribution in [1.82, 2.24) is 4.98 Å². The van der Waals surface area contributed by atoms with Gasteiger partial charge in [-0.25, -0.2) is 13.2 Å². The molecular weight excluding hydrogens is 368 g/mol. The van der Waals surface area contributed by atoms with Gasteiger partial charge in [-0.3, -0.25) is 9.71 Å². The quantitative estimate of drug-likeness (QED) is 0.696. The molecule has 0 bridgehead atoms. The van der Waals surface area contributed by atoms with Crippen molar-refractivity contribution in [3.63, 3.8) is 0 Å². The van der Waals surface area contributed by atoms with Gasteiger partial charge in [-0.2, -0.15) is 0 Å².